The van der Waals surface area contributed by atoms with Gasteiger partial charge >= 0.3 is 0 Å². The summed E-state index contributed by atoms with van der Waals surface area (Å²) in [6, 6.07) is 0. The van der Waals surface area contributed by atoms with Gasteiger partial charge in [0.25, 0.3) is 0 Å². The number of rotatable bonds is 2. The molecule has 4 bridgehead atoms. The van der Waals surface area contributed by atoms with Crippen molar-refractivity contribution in [3.05, 3.63) is 52.0 Å². The maximum atomic E-state index is 4.26. The van der Waals surface area contributed by atoms with Gasteiger partial charge in [-0.25, -0.2) is 12.8 Å². The van der Waals surface area contributed by atoms with Gasteiger partial charge in [-0.3, -0.25) is 0 Å². The molecule has 0 spiro atoms. The second kappa shape index (κ2) is 8.38. The monoisotopic (exact) mass is 446 g/mol. The fraction of sp³-hybridized carbons (Fsp3) is 0.600. The minimum atomic E-state index is 0. The van der Waals surface area contributed by atoms with E-state index in [-0.39, 0.29) is 65.4 Å². The van der Waals surface area contributed by atoms with Gasteiger partial charge in [0.1, 0.15) is 0 Å². The van der Waals surface area contributed by atoms with Crippen molar-refractivity contribution in [2.75, 3.05) is 0 Å². The van der Waals surface area contributed by atoms with E-state index in [9.17, 15) is 0 Å². The summed E-state index contributed by atoms with van der Waals surface area (Å²) >= 11 is 0. The van der Waals surface area contributed by atoms with E-state index >= 15 is 0 Å². The van der Waals surface area contributed by atoms with Crippen molar-refractivity contribution in [1.29, 1.82) is 0 Å². The van der Waals surface area contributed by atoms with Crippen molar-refractivity contribution >= 4 is 0 Å². The molecule has 4 aliphatic rings. The molecule has 0 aliphatic heterocycles. The summed E-state index contributed by atoms with van der Waals surface area (Å²) in [6.45, 7) is 16.4. The molecular formula is C20H28Y2-4. The molecule has 2 heteroatoms. The van der Waals surface area contributed by atoms with Crippen LogP contribution >= 0.6 is 0 Å². The SMILES string of the molecule is [CH2-]CC1([CH2-])CC2C=CC1C2.[CH2-]CC1([CH2-])CC2C=CC1C2.[Y].[Y]. The molecule has 2 saturated carbocycles. The fourth-order valence-electron chi connectivity index (χ4n) is 4.68. The smallest absolute Gasteiger partial charge is 0 e. The van der Waals surface area contributed by atoms with Gasteiger partial charge in [0.2, 0.25) is 0 Å². The average Bonchev–Trinajstić information content (AvgIpc) is 3.18. The molecule has 0 nitrogen and oxygen atoms in total. The van der Waals surface area contributed by atoms with Crippen molar-refractivity contribution in [1.82, 2.24) is 0 Å². The summed E-state index contributed by atoms with van der Waals surface area (Å²) in [7, 11) is 0. The van der Waals surface area contributed by atoms with E-state index in [1.807, 2.05) is 0 Å². The Kier molecular flexibility index (Phi) is 8.28. The molecule has 0 heterocycles. The van der Waals surface area contributed by atoms with Crippen molar-refractivity contribution < 1.29 is 65.4 Å². The Labute approximate surface area is 188 Å². The van der Waals surface area contributed by atoms with Crippen LogP contribution in [0.25, 0.3) is 0 Å². The molecule has 4 rings (SSSR count). The summed E-state index contributed by atoms with van der Waals surface area (Å²) in [4.78, 5) is 0. The first-order valence-corrected chi connectivity index (χ1v) is 8.15. The maximum absolute atomic E-state index is 4.26. The number of hydrogen-bond donors (Lipinski definition) is 0. The Hall–Kier alpha value is 1.69. The largest absolute Gasteiger partial charge is 0.345 e. The summed E-state index contributed by atoms with van der Waals surface area (Å²) in [5.74, 6) is 3.17. The molecular weight excluding hydrogens is 418 g/mol. The van der Waals surface area contributed by atoms with E-state index in [0.29, 0.717) is 10.8 Å². The van der Waals surface area contributed by atoms with Crippen LogP contribution in [-0.4, -0.2) is 0 Å². The van der Waals surface area contributed by atoms with Gasteiger partial charge in [0, 0.05) is 65.4 Å². The van der Waals surface area contributed by atoms with Crippen LogP contribution in [0, 0.1) is 62.2 Å². The zero-order valence-electron chi connectivity index (χ0n) is 13.8. The topological polar surface area (TPSA) is 0 Å². The van der Waals surface area contributed by atoms with E-state index in [1.54, 1.807) is 0 Å². The molecule has 0 aromatic heterocycles. The predicted octanol–water partition coefficient (Wildman–Crippen LogP) is 5.25. The summed E-state index contributed by atoms with van der Waals surface area (Å²) in [5, 5.41) is 0. The van der Waals surface area contributed by atoms with Gasteiger partial charge in [0.05, 0.1) is 0 Å². The Balaban J connectivity index is 0.000000202. The van der Waals surface area contributed by atoms with Crippen LogP contribution in [-0.2, 0) is 65.4 Å². The van der Waals surface area contributed by atoms with Crippen LogP contribution in [0.2, 0.25) is 0 Å². The average molecular weight is 446 g/mol. The molecule has 22 heavy (non-hydrogen) atoms. The molecule has 0 N–H and O–H groups in total. The van der Waals surface area contributed by atoms with E-state index in [0.717, 1.165) is 36.5 Å². The van der Waals surface area contributed by atoms with Gasteiger partial charge in [0.15, 0.2) is 0 Å². The van der Waals surface area contributed by atoms with E-state index in [4.69, 9.17) is 0 Å². The Bertz CT molecular complexity index is 387. The minimum absolute atomic E-state index is 0. The van der Waals surface area contributed by atoms with Gasteiger partial charge in [-0.1, -0.05) is 37.1 Å². The molecule has 6 atom stereocenters. The van der Waals surface area contributed by atoms with Gasteiger partial charge < -0.3 is 27.7 Å². The molecule has 0 saturated heterocycles. The van der Waals surface area contributed by atoms with Crippen LogP contribution in [0.1, 0.15) is 38.5 Å². The first kappa shape index (κ1) is 21.7. The number of fused-ring (bicyclic) bond motifs is 4. The predicted molar refractivity (Wildman–Crippen MR) is 86.2 cm³/mol. The number of allylic oxidation sites excluding steroid dienone is 4. The van der Waals surface area contributed by atoms with Gasteiger partial charge in [-0.05, 0) is 36.5 Å². The second-order valence-electron chi connectivity index (χ2n) is 7.61. The zero-order chi connectivity index (χ0) is 14.4. The molecule has 2 radical (unpaired) electrons. The Morgan fingerprint density at radius 3 is 1.23 bits per heavy atom. The van der Waals surface area contributed by atoms with Gasteiger partial charge in [-0.2, -0.15) is 10.8 Å². The molecule has 0 aromatic rings. The van der Waals surface area contributed by atoms with E-state index in [2.05, 4.69) is 52.0 Å². The van der Waals surface area contributed by atoms with Crippen molar-refractivity contribution in [2.45, 2.75) is 38.5 Å². The standard InChI is InChI=1S/2C10H14.2Y/c2*1-3-10(2)7-8-4-5-9(10)6-8;;/h2*4-5,8-9H,1-3,6-7H2;;/q2*-2;;. The molecule has 4 aliphatic carbocycles. The van der Waals surface area contributed by atoms with Crippen molar-refractivity contribution in [3.63, 3.8) is 0 Å². The van der Waals surface area contributed by atoms with Crippen LogP contribution in [0.15, 0.2) is 24.3 Å². The maximum Gasteiger partial charge on any atom is 0 e. The first-order valence-electron chi connectivity index (χ1n) is 8.15. The van der Waals surface area contributed by atoms with Crippen LogP contribution in [0.5, 0.6) is 0 Å². The van der Waals surface area contributed by atoms with Gasteiger partial charge in [-0.15, -0.1) is 0 Å². The third-order valence-corrected chi connectivity index (χ3v) is 6.25. The molecule has 118 valence electrons. The third-order valence-electron chi connectivity index (χ3n) is 6.25. The normalized spacial score (nSPS) is 46.0. The van der Waals surface area contributed by atoms with Crippen LogP contribution in [0.3, 0.4) is 0 Å². The van der Waals surface area contributed by atoms with E-state index < -0.39 is 0 Å². The van der Waals surface area contributed by atoms with E-state index in [1.165, 1.54) is 25.7 Å². The fourth-order valence-corrected chi connectivity index (χ4v) is 4.68. The third kappa shape index (κ3) is 4.08. The molecule has 0 amide bonds. The van der Waals surface area contributed by atoms with Crippen molar-refractivity contribution in [2.24, 2.45) is 34.5 Å². The summed E-state index contributed by atoms with van der Waals surface area (Å²) in [5.41, 5.74) is 0.610. The van der Waals surface area contributed by atoms with Crippen LogP contribution < -0.4 is 0 Å². The Morgan fingerprint density at radius 1 is 0.727 bits per heavy atom. The quantitative estimate of drug-likeness (QED) is 0.402. The molecule has 6 unspecified atom stereocenters. The van der Waals surface area contributed by atoms with Crippen LogP contribution in [0.4, 0.5) is 0 Å². The zero-order valence-corrected chi connectivity index (χ0v) is 19.5. The molecule has 0 aromatic carbocycles. The first-order chi connectivity index (χ1) is 9.49. The molecule has 2 fully saturated rings. The van der Waals surface area contributed by atoms with Crippen molar-refractivity contribution in [3.8, 4) is 0 Å². The minimum Gasteiger partial charge on any atom is -0.345 e. The summed E-state index contributed by atoms with van der Waals surface area (Å²) < 4.78 is 0. The second-order valence-corrected chi connectivity index (χ2v) is 7.61. The Morgan fingerprint density at radius 2 is 1.09 bits per heavy atom. The summed E-state index contributed by atoms with van der Waals surface area (Å²) in [6.07, 6.45) is 16.6. The number of hydrogen-bond acceptors (Lipinski definition) is 0.